The Labute approximate surface area is 125 Å². The van der Waals surface area contributed by atoms with E-state index in [1.165, 1.54) is 5.69 Å². The normalized spacial score (nSPS) is 15.5. The molecule has 0 atom stereocenters. The highest BCUT2D eigenvalue weighted by Crippen LogP contribution is 2.18. The minimum Gasteiger partial charge on any atom is -0.370 e. The van der Waals surface area contributed by atoms with Gasteiger partial charge in [-0.25, -0.2) is 0 Å². The lowest BCUT2D eigenvalue weighted by Crippen LogP contribution is -2.27. The third-order valence-corrected chi connectivity index (χ3v) is 3.87. The summed E-state index contributed by atoms with van der Waals surface area (Å²) in [6.07, 6.45) is 1.16. The quantitative estimate of drug-likeness (QED) is 0.877. The molecule has 1 aliphatic heterocycles. The zero-order chi connectivity index (χ0) is 14.5. The van der Waals surface area contributed by atoms with E-state index >= 15 is 0 Å². The first kappa shape index (κ1) is 13.8. The van der Waals surface area contributed by atoms with Crippen molar-refractivity contribution in [1.82, 2.24) is 5.32 Å². The van der Waals surface area contributed by atoms with Crippen LogP contribution in [0.4, 0.5) is 5.69 Å². The smallest absolute Gasteiger partial charge is 0.193 e. The summed E-state index contributed by atoms with van der Waals surface area (Å²) in [5.74, 6) is 0.0830. The molecule has 21 heavy (non-hydrogen) atoms. The van der Waals surface area contributed by atoms with Gasteiger partial charge in [-0.05, 0) is 37.2 Å². The molecule has 0 spiro atoms. The van der Waals surface area contributed by atoms with Gasteiger partial charge in [0.05, 0.1) is 0 Å². The number of benzene rings is 2. The Kier molecular flexibility index (Phi) is 4.31. The number of hydrogen-bond acceptors (Lipinski definition) is 3. The van der Waals surface area contributed by atoms with Crippen molar-refractivity contribution in [3.63, 3.8) is 0 Å². The highest BCUT2D eigenvalue weighted by atomic mass is 16.1. The number of carbonyl (C=O) groups excluding carboxylic acids is 1. The van der Waals surface area contributed by atoms with Gasteiger partial charge >= 0.3 is 0 Å². The Hall–Kier alpha value is -2.13. The molecular weight excluding hydrogens is 260 g/mol. The van der Waals surface area contributed by atoms with E-state index in [0.717, 1.165) is 43.7 Å². The summed E-state index contributed by atoms with van der Waals surface area (Å²) in [5, 5.41) is 3.40. The van der Waals surface area contributed by atoms with Crippen LogP contribution in [0.2, 0.25) is 0 Å². The van der Waals surface area contributed by atoms with Crippen LogP contribution in [0.5, 0.6) is 0 Å². The zero-order valence-electron chi connectivity index (χ0n) is 12.1. The molecule has 3 heteroatoms. The highest BCUT2D eigenvalue weighted by molar-refractivity contribution is 6.09. The van der Waals surface area contributed by atoms with Crippen LogP contribution in [-0.2, 0) is 0 Å². The third kappa shape index (κ3) is 3.31. The predicted octanol–water partition coefficient (Wildman–Crippen LogP) is 2.72. The number of rotatable bonds is 3. The summed E-state index contributed by atoms with van der Waals surface area (Å²) in [7, 11) is 0. The largest absolute Gasteiger partial charge is 0.370 e. The Bertz CT molecular complexity index is 584. The van der Waals surface area contributed by atoms with E-state index < -0.39 is 0 Å². The number of anilines is 1. The van der Waals surface area contributed by atoms with E-state index in [4.69, 9.17) is 0 Å². The maximum atomic E-state index is 12.4. The van der Waals surface area contributed by atoms with Crippen LogP contribution in [0.1, 0.15) is 22.3 Å². The predicted molar refractivity (Wildman–Crippen MR) is 86.0 cm³/mol. The fraction of sp³-hybridized carbons (Fsp3) is 0.278. The monoisotopic (exact) mass is 280 g/mol. The molecule has 0 unspecified atom stereocenters. The van der Waals surface area contributed by atoms with E-state index in [1.54, 1.807) is 0 Å². The lowest BCUT2D eigenvalue weighted by atomic mass is 10.0. The standard InChI is InChI=1S/C18H20N2O/c21-18(15-5-2-1-3-6-15)16-7-9-17(10-8-16)20-13-4-11-19-12-14-20/h1-3,5-10,19H,4,11-14H2. The molecule has 2 aromatic rings. The maximum absolute atomic E-state index is 12.4. The maximum Gasteiger partial charge on any atom is 0.193 e. The second-order valence-electron chi connectivity index (χ2n) is 5.33. The zero-order valence-corrected chi connectivity index (χ0v) is 12.1. The van der Waals surface area contributed by atoms with E-state index in [9.17, 15) is 4.79 Å². The first-order chi connectivity index (χ1) is 10.3. The summed E-state index contributed by atoms with van der Waals surface area (Å²) < 4.78 is 0. The highest BCUT2D eigenvalue weighted by Gasteiger charge is 2.11. The van der Waals surface area contributed by atoms with Crippen molar-refractivity contribution in [3.8, 4) is 0 Å². The first-order valence-corrected chi connectivity index (χ1v) is 7.50. The Balaban J connectivity index is 1.76. The molecular formula is C18H20N2O. The van der Waals surface area contributed by atoms with Gasteiger partial charge in [-0.15, -0.1) is 0 Å². The van der Waals surface area contributed by atoms with Gasteiger partial charge in [0.1, 0.15) is 0 Å². The van der Waals surface area contributed by atoms with Gasteiger partial charge in [-0.1, -0.05) is 30.3 Å². The van der Waals surface area contributed by atoms with Crippen LogP contribution in [-0.4, -0.2) is 32.0 Å². The summed E-state index contributed by atoms with van der Waals surface area (Å²) in [6.45, 7) is 4.19. The average molecular weight is 280 g/mol. The molecule has 1 fully saturated rings. The van der Waals surface area contributed by atoms with Crippen molar-refractivity contribution < 1.29 is 4.79 Å². The molecule has 1 heterocycles. The van der Waals surface area contributed by atoms with Crippen molar-refractivity contribution >= 4 is 11.5 Å². The van der Waals surface area contributed by atoms with Crippen molar-refractivity contribution in [1.29, 1.82) is 0 Å². The van der Waals surface area contributed by atoms with Gasteiger partial charge in [-0.2, -0.15) is 0 Å². The van der Waals surface area contributed by atoms with Crippen LogP contribution in [0, 0.1) is 0 Å². The molecule has 0 radical (unpaired) electrons. The number of nitrogens with one attached hydrogen (secondary N) is 1. The van der Waals surface area contributed by atoms with Gasteiger partial charge in [0.2, 0.25) is 0 Å². The van der Waals surface area contributed by atoms with Crippen LogP contribution < -0.4 is 10.2 Å². The molecule has 0 bridgehead atoms. The van der Waals surface area contributed by atoms with Crippen molar-refractivity contribution in [2.45, 2.75) is 6.42 Å². The average Bonchev–Trinajstić information content (AvgIpc) is 2.84. The van der Waals surface area contributed by atoms with Gasteiger partial charge in [0, 0.05) is 36.4 Å². The number of nitrogens with zero attached hydrogens (tertiary/aromatic N) is 1. The number of carbonyl (C=O) groups is 1. The minimum atomic E-state index is 0.0830. The van der Waals surface area contributed by atoms with Crippen LogP contribution in [0.15, 0.2) is 54.6 Å². The molecule has 0 saturated carbocycles. The number of hydrogen-bond donors (Lipinski definition) is 1. The molecule has 1 N–H and O–H groups in total. The molecule has 2 aromatic carbocycles. The van der Waals surface area contributed by atoms with E-state index in [1.807, 2.05) is 42.5 Å². The molecule has 1 aliphatic rings. The SMILES string of the molecule is O=C(c1ccccc1)c1ccc(N2CCCNCC2)cc1. The Morgan fingerprint density at radius 3 is 2.33 bits per heavy atom. The van der Waals surface area contributed by atoms with Crippen molar-refractivity contribution in [3.05, 3.63) is 65.7 Å². The lowest BCUT2D eigenvalue weighted by molar-refractivity contribution is 0.103. The lowest BCUT2D eigenvalue weighted by Gasteiger charge is -2.22. The number of ketones is 1. The van der Waals surface area contributed by atoms with E-state index in [2.05, 4.69) is 22.3 Å². The molecule has 0 aromatic heterocycles. The molecule has 0 aliphatic carbocycles. The van der Waals surface area contributed by atoms with Crippen LogP contribution in [0.3, 0.4) is 0 Å². The van der Waals surface area contributed by atoms with Crippen molar-refractivity contribution in [2.24, 2.45) is 0 Å². The first-order valence-electron chi connectivity index (χ1n) is 7.50. The fourth-order valence-electron chi connectivity index (χ4n) is 2.68. The summed E-state index contributed by atoms with van der Waals surface area (Å²) in [5.41, 5.74) is 2.69. The second kappa shape index (κ2) is 6.55. The van der Waals surface area contributed by atoms with Crippen molar-refractivity contribution in [2.75, 3.05) is 31.1 Å². The van der Waals surface area contributed by atoms with Crippen LogP contribution >= 0.6 is 0 Å². The minimum absolute atomic E-state index is 0.0830. The Morgan fingerprint density at radius 1 is 0.857 bits per heavy atom. The summed E-state index contributed by atoms with van der Waals surface area (Å²) >= 11 is 0. The fourth-order valence-corrected chi connectivity index (χ4v) is 2.68. The van der Waals surface area contributed by atoms with Crippen LogP contribution in [0.25, 0.3) is 0 Å². The van der Waals surface area contributed by atoms with Gasteiger partial charge in [0.25, 0.3) is 0 Å². The summed E-state index contributed by atoms with van der Waals surface area (Å²) in [6, 6.07) is 17.4. The third-order valence-electron chi connectivity index (χ3n) is 3.87. The molecule has 3 rings (SSSR count). The molecule has 108 valence electrons. The van der Waals surface area contributed by atoms with Gasteiger partial charge < -0.3 is 10.2 Å². The van der Waals surface area contributed by atoms with E-state index in [-0.39, 0.29) is 5.78 Å². The second-order valence-corrected chi connectivity index (χ2v) is 5.33. The summed E-state index contributed by atoms with van der Waals surface area (Å²) in [4.78, 5) is 14.7. The van der Waals surface area contributed by atoms with Gasteiger partial charge in [0.15, 0.2) is 5.78 Å². The molecule has 3 nitrogen and oxygen atoms in total. The van der Waals surface area contributed by atoms with Gasteiger partial charge in [-0.3, -0.25) is 4.79 Å². The molecule has 1 saturated heterocycles. The Morgan fingerprint density at radius 2 is 1.57 bits per heavy atom. The topological polar surface area (TPSA) is 32.3 Å². The van der Waals surface area contributed by atoms with E-state index in [0.29, 0.717) is 0 Å². The molecule has 0 amide bonds.